The summed E-state index contributed by atoms with van der Waals surface area (Å²) in [6.45, 7) is 1.93. The summed E-state index contributed by atoms with van der Waals surface area (Å²) in [6.07, 6.45) is 3.96. The van der Waals surface area contributed by atoms with Crippen molar-refractivity contribution >= 4 is 17.5 Å². The third-order valence-electron chi connectivity index (χ3n) is 2.81. The number of hydrogen-bond acceptors (Lipinski definition) is 5. The predicted molar refractivity (Wildman–Crippen MR) is 67.6 cm³/mol. The van der Waals surface area contributed by atoms with Crippen molar-refractivity contribution in [2.24, 2.45) is 5.92 Å². The molecule has 98 valence electrons. The predicted octanol–water partition coefficient (Wildman–Crippen LogP) is 1.20. The number of nitrogens with two attached hydrogens (primary N) is 1. The fraction of sp³-hybridized carbons (Fsp3) is 0.500. The second kappa shape index (κ2) is 5.68. The number of anilines is 2. The first-order valence-electron chi connectivity index (χ1n) is 5.98. The van der Waals surface area contributed by atoms with Gasteiger partial charge in [0.2, 0.25) is 0 Å². The van der Waals surface area contributed by atoms with Crippen LogP contribution in [0.15, 0.2) is 12.3 Å². The van der Waals surface area contributed by atoms with E-state index in [4.69, 9.17) is 15.6 Å². The number of carbonyl (C=O) groups is 1. The summed E-state index contributed by atoms with van der Waals surface area (Å²) in [6, 6.07) is 1.38. The van der Waals surface area contributed by atoms with E-state index in [-0.39, 0.29) is 11.3 Å². The Morgan fingerprint density at radius 2 is 2.39 bits per heavy atom. The van der Waals surface area contributed by atoms with E-state index in [0.717, 1.165) is 12.5 Å². The fourth-order valence-corrected chi connectivity index (χ4v) is 1.58. The number of carboxylic acid groups (broad SMARTS) is 1. The van der Waals surface area contributed by atoms with Crippen LogP contribution in [0.4, 0.5) is 11.5 Å². The molecule has 0 aromatic carbocycles. The maximum atomic E-state index is 10.9. The molecule has 0 aliphatic heterocycles. The zero-order valence-corrected chi connectivity index (χ0v) is 10.1. The molecule has 0 atom stereocenters. The third-order valence-corrected chi connectivity index (χ3v) is 2.81. The van der Waals surface area contributed by atoms with Gasteiger partial charge in [-0.05, 0) is 24.8 Å². The SMILES string of the molecule is Nc1c(C(=O)O)ccnc1NCCOCC1CC1. The van der Waals surface area contributed by atoms with E-state index in [1.807, 2.05) is 0 Å². The van der Waals surface area contributed by atoms with Crippen molar-refractivity contribution in [3.63, 3.8) is 0 Å². The fourth-order valence-electron chi connectivity index (χ4n) is 1.58. The first-order chi connectivity index (χ1) is 8.68. The molecule has 0 radical (unpaired) electrons. The van der Waals surface area contributed by atoms with E-state index in [9.17, 15) is 4.79 Å². The van der Waals surface area contributed by atoms with E-state index in [0.29, 0.717) is 19.0 Å². The Bertz CT molecular complexity index is 433. The molecule has 18 heavy (non-hydrogen) atoms. The van der Waals surface area contributed by atoms with Crippen LogP contribution in [0, 0.1) is 5.92 Å². The number of carboxylic acids is 1. The minimum absolute atomic E-state index is 0.0615. The Morgan fingerprint density at radius 3 is 3.06 bits per heavy atom. The molecule has 0 amide bonds. The molecule has 1 fully saturated rings. The second-order valence-corrected chi connectivity index (χ2v) is 4.37. The summed E-state index contributed by atoms with van der Waals surface area (Å²) in [4.78, 5) is 14.9. The van der Waals surface area contributed by atoms with Crippen molar-refractivity contribution in [1.29, 1.82) is 0 Å². The largest absolute Gasteiger partial charge is 0.478 e. The summed E-state index contributed by atoms with van der Waals surface area (Å²) in [5.74, 6) is 0.0800. The van der Waals surface area contributed by atoms with Gasteiger partial charge in [-0.3, -0.25) is 0 Å². The maximum absolute atomic E-state index is 10.9. The van der Waals surface area contributed by atoms with Gasteiger partial charge in [-0.1, -0.05) is 0 Å². The average Bonchev–Trinajstić information content (AvgIpc) is 3.14. The van der Waals surface area contributed by atoms with Gasteiger partial charge in [0.1, 0.15) is 5.82 Å². The summed E-state index contributed by atoms with van der Waals surface area (Å²) < 4.78 is 5.45. The standard InChI is InChI=1S/C12H17N3O3/c13-10-9(12(16)17)3-4-14-11(10)15-5-6-18-7-8-1-2-8/h3-4,8H,1-2,5-7,13H2,(H,14,15)(H,16,17). The summed E-state index contributed by atoms with van der Waals surface area (Å²) in [5.41, 5.74) is 5.93. The van der Waals surface area contributed by atoms with Crippen LogP contribution in [-0.4, -0.2) is 35.8 Å². The van der Waals surface area contributed by atoms with Crippen molar-refractivity contribution in [2.45, 2.75) is 12.8 Å². The number of nitrogen functional groups attached to an aromatic ring is 1. The molecule has 1 aliphatic rings. The molecule has 2 rings (SSSR count). The number of ether oxygens (including phenoxy) is 1. The lowest BCUT2D eigenvalue weighted by molar-refractivity contribution is 0.0698. The van der Waals surface area contributed by atoms with Crippen LogP contribution in [0.5, 0.6) is 0 Å². The lowest BCUT2D eigenvalue weighted by Gasteiger charge is -2.10. The van der Waals surface area contributed by atoms with Gasteiger partial charge in [0, 0.05) is 19.3 Å². The van der Waals surface area contributed by atoms with Crippen LogP contribution in [0.1, 0.15) is 23.2 Å². The van der Waals surface area contributed by atoms with Crippen molar-refractivity contribution < 1.29 is 14.6 Å². The van der Waals surface area contributed by atoms with Crippen LogP contribution in [0.25, 0.3) is 0 Å². The van der Waals surface area contributed by atoms with Crippen molar-refractivity contribution in [1.82, 2.24) is 4.98 Å². The van der Waals surface area contributed by atoms with Gasteiger partial charge < -0.3 is 20.9 Å². The molecule has 6 heteroatoms. The number of nitrogens with one attached hydrogen (secondary N) is 1. The second-order valence-electron chi connectivity index (χ2n) is 4.37. The van der Waals surface area contributed by atoms with Gasteiger partial charge >= 0.3 is 5.97 Å². The zero-order chi connectivity index (χ0) is 13.0. The molecule has 0 saturated heterocycles. The molecule has 4 N–H and O–H groups in total. The van der Waals surface area contributed by atoms with Gasteiger partial charge in [-0.25, -0.2) is 9.78 Å². The number of nitrogens with zero attached hydrogens (tertiary/aromatic N) is 1. The Morgan fingerprint density at radius 1 is 1.61 bits per heavy atom. The van der Waals surface area contributed by atoms with Crippen molar-refractivity contribution in [3.05, 3.63) is 17.8 Å². The highest BCUT2D eigenvalue weighted by Crippen LogP contribution is 2.28. The monoisotopic (exact) mass is 251 g/mol. The molecule has 0 unspecified atom stereocenters. The molecular weight excluding hydrogens is 234 g/mol. The number of pyridine rings is 1. The average molecular weight is 251 g/mol. The van der Waals surface area contributed by atoms with Gasteiger partial charge in [0.15, 0.2) is 0 Å². The number of aromatic nitrogens is 1. The quantitative estimate of drug-likeness (QED) is 0.630. The van der Waals surface area contributed by atoms with Crippen LogP contribution < -0.4 is 11.1 Å². The number of rotatable bonds is 7. The van der Waals surface area contributed by atoms with Gasteiger partial charge in [0.05, 0.1) is 17.9 Å². The first kappa shape index (κ1) is 12.6. The molecule has 0 bridgehead atoms. The third kappa shape index (κ3) is 3.33. The number of aromatic carboxylic acids is 1. The van der Waals surface area contributed by atoms with E-state index in [2.05, 4.69) is 10.3 Å². The van der Waals surface area contributed by atoms with Crippen LogP contribution >= 0.6 is 0 Å². The minimum atomic E-state index is -1.05. The van der Waals surface area contributed by atoms with Crippen LogP contribution in [-0.2, 0) is 4.74 Å². The van der Waals surface area contributed by atoms with Gasteiger partial charge in [-0.2, -0.15) is 0 Å². The molecule has 1 aromatic heterocycles. The Balaban J connectivity index is 1.80. The summed E-state index contributed by atoms with van der Waals surface area (Å²) in [5, 5.41) is 11.9. The molecule has 1 aromatic rings. The van der Waals surface area contributed by atoms with E-state index in [1.165, 1.54) is 25.1 Å². The molecule has 1 saturated carbocycles. The summed E-state index contributed by atoms with van der Waals surface area (Å²) >= 11 is 0. The molecule has 1 heterocycles. The minimum Gasteiger partial charge on any atom is -0.478 e. The van der Waals surface area contributed by atoms with Crippen molar-refractivity contribution in [2.75, 3.05) is 30.8 Å². The molecule has 6 nitrogen and oxygen atoms in total. The normalized spacial score (nSPS) is 14.4. The smallest absolute Gasteiger partial charge is 0.337 e. The highest BCUT2D eigenvalue weighted by Gasteiger charge is 2.20. The molecule has 1 aliphatic carbocycles. The lowest BCUT2D eigenvalue weighted by Crippen LogP contribution is -2.14. The zero-order valence-electron chi connectivity index (χ0n) is 10.1. The first-order valence-corrected chi connectivity index (χ1v) is 5.98. The maximum Gasteiger partial charge on any atom is 0.337 e. The number of hydrogen-bond donors (Lipinski definition) is 3. The van der Waals surface area contributed by atoms with Crippen LogP contribution in [0.2, 0.25) is 0 Å². The topological polar surface area (TPSA) is 97.5 Å². The Hall–Kier alpha value is -1.82. The van der Waals surface area contributed by atoms with Gasteiger partial charge in [0.25, 0.3) is 0 Å². The Kier molecular flexibility index (Phi) is 3.99. The molecular formula is C12H17N3O3. The Labute approximate surface area is 105 Å². The van der Waals surface area contributed by atoms with Gasteiger partial charge in [-0.15, -0.1) is 0 Å². The highest BCUT2D eigenvalue weighted by atomic mass is 16.5. The van der Waals surface area contributed by atoms with Crippen molar-refractivity contribution in [3.8, 4) is 0 Å². The van der Waals surface area contributed by atoms with E-state index in [1.54, 1.807) is 0 Å². The summed E-state index contributed by atoms with van der Waals surface area (Å²) in [7, 11) is 0. The van der Waals surface area contributed by atoms with E-state index >= 15 is 0 Å². The highest BCUT2D eigenvalue weighted by molar-refractivity contribution is 5.96. The van der Waals surface area contributed by atoms with E-state index < -0.39 is 5.97 Å². The lowest BCUT2D eigenvalue weighted by atomic mass is 10.2. The van der Waals surface area contributed by atoms with Crippen LogP contribution in [0.3, 0.4) is 0 Å². The molecule has 0 spiro atoms.